The molecule has 2 N–H and O–H groups in total. The number of nitrogens with zero attached hydrogens (tertiary/aromatic N) is 2. The van der Waals surface area contributed by atoms with E-state index in [0.29, 0.717) is 0 Å². The SMILES string of the molecule is CC(C)(C)c1cc(S(=O)(=O)O)cc(C=Nc2ccccc2N=Cc2cc(S(=O)(=O)O)cc(C(C)(C)C)c2[O-])c1[O-].[Na+].[Na+]. The average molecular weight is 633 g/mol. The molecule has 0 aliphatic heterocycles. The molecule has 0 saturated heterocycles. The Morgan fingerprint density at radius 1 is 0.643 bits per heavy atom. The standard InChI is InChI=1S/C28H32N2O8S2.2Na/c1-27(2,3)21-13-19(39(33,34)35)11-17(25(21)31)15-29-23-9-7-8-10-24(23)30-16-18-12-20(40(36,37)38)14-22(26(18)32)28(4,5)6;;/h7-16,31-32H,1-6H3,(H,33,34,35)(H,36,37,38);;/q;2*+1/p-2. The van der Waals surface area contributed by atoms with E-state index in [1.54, 1.807) is 65.8 Å². The van der Waals surface area contributed by atoms with Crippen LogP contribution < -0.4 is 69.3 Å². The number of benzene rings is 3. The molecule has 0 bridgehead atoms. The molecule has 0 fully saturated rings. The molecule has 0 heterocycles. The van der Waals surface area contributed by atoms with E-state index in [0.717, 1.165) is 36.7 Å². The summed E-state index contributed by atoms with van der Waals surface area (Å²) >= 11 is 0. The van der Waals surface area contributed by atoms with Crippen LogP contribution in [0.2, 0.25) is 0 Å². The van der Waals surface area contributed by atoms with Crippen molar-refractivity contribution in [2.24, 2.45) is 9.98 Å². The van der Waals surface area contributed by atoms with Crippen molar-refractivity contribution in [3.63, 3.8) is 0 Å². The van der Waals surface area contributed by atoms with Crippen LogP contribution in [0.15, 0.2) is 68.3 Å². The van der Waals surface area contributed by atoms with Crippen LogP contribution in [0.3, 0.4) is 0 Å². The third-order valence-electron chi connectivity index (χ3n) is 5.96. The van der Waals surface area contributed by atoms with E-state index < -0.39 is 52.4 Å². The Bertz CT molecular complexity index is 1610. The van der Waals surface area contributed by atoms with Crippen LogP contribution in [0.25, 0.3) is 0 Å². The summed E-state index contributed by atoms with van der Waals surface area (Å²) in [5.41, 5.74) is -0.738. The van der Waals surface area contributed by atoms with Crippen LogP contribution in [0.5, 0.6) is 11.5 Å². The van der Waals surface area contributed by atoms with Crippen LogP contribution >= 0.6 is 0 Å². The molecule has 0 spiro atoms. The molecule has 3 aromatic rings. The van der Waals surface area contributed by atoms with Crippen molar-refractivity contribution in [2.45, 2.75) is 62.2 Å². The Morgan fingerprint density at radius 2 is 0.952 bits per heavy atom. The Kier molecular flexibility index (Phi) is 12.8. The number of hydrogen-bond acceptors (Lipinski definition) is 8. The van der Waals surface area contributed by atoms with E-state index in [9.17, 15) is 36.2 Å². The fraction of sp³-hybridized carbons (Fsp3) is 0.286. The molecule has 0 amide bonds. The van der Waals surface area contributed by atoms with Gasteiger partial charge in [0.05, 0.1) is 21.2 Å². The molecule has 0 aliphatic rings. The third kappa shape index (κ3) is 9.46. The van der Waals surface area contributed by atoms with E-state index in [1.165, 1.54) is 0 Å². The van der Waals surface area contributed by atoms with Gasteiger partial charge in [-0.15, -0.1) is 0 Å². The molecule has 0 aromatic heterocycles. The Hall–Kier alpha value is -1.58. The van der Waals surface area contributed by atoms with Gasteiger partial charge >= 0.3 is 59.1 Å². The molecule has 0 radical (unpaired) electrons. The molecule has 14 heteroatoms. The molecule has 3 rings (SSSR count). The molecule has 0 atom stereocenters. The van der Waals surface area contributed by atoms with E-state index in [4.69, 9.17) is 0 Å². The quantitative estimate of drug-likeness (QED) is 0.186. The van der Waals surface area contributed by atoms with Crippen LogP contribution in [0, 0.1) is 0 Å². The minimum atomic E-state index is -4.60. The molecule has 42 heavy (non-hydrogen) atoms. The average Bonchev–Trinajstić information content (AvgIpc) is 2.80. The summed E-state index contributed by atoms with van der Waals surface area (Å²) in [5.74, 6) is -0.922. The van der Waals surface area contributed by atoms with Gasteiger partial charge in [0.25, 0.3) is 20.2 Å². The molecule has 3 aromatic carbocycles. The maximum atomic E-state index is 13.1. The summed E-state index contributed by atoms with van der Waals surface area (Å²) in [7, 11) is -9.20. The minimum absolute atomic E-state index is 0. The smallest absolute Gasteiger partial charge is 0.872 e. The first-order chi connectivity index (χ1) is 18.2. The van der Waals surface area contributed by atoms with Gasteiger partial charge in [-0.3, -0.25) is 19.1 Å². The third-order valence-corrected chi connectivity index (χ3v) is 7.62. The topological polar surface area (TPSA) is 180 Å². The first-order valence-corrected chi connectivity index (χ1v) is 14.9. The first-order valence-electron chi connectivity index (χ1n) is 12.0. The number of hydrogen-bond donors (Lipinski definition) is 2. The maximum absolute atomic E-state index is 13.1. The van der Waals surface area contributed by atoms with E-state index >= 15 is 0 Å². The van der Waals surface area contributed by atoms with Crippen molar-refractivity contribution < 1.29 is 95.3 Å². The van der Waals surface area contributed by atoms with E-state index in [-0.39, 0.29) is 92.7 Å². The second kappa shape index (κ2) is 14.0. The van der Waals surface area contributed by atoms with Crippen molar-refractivity contribution in [1.29, 1.82) is 0 Å². The molecular formula is C28H30N2Na2O8S2. The van der Waals surface area contributed by atoms with Gasteiger partial charge in [-0.2, -0.15) is 16.8 Å². The van der Waals surface area contributed by atoms with Gasteiger partial charge in [0.1, 0.15) is 0 Å². The molecule has 10 nitrogen and oxygen atoms in total. The molecule has 214 valence electrons. The zero-order chi connectivity index (χ0) is 30.3. The van der Waals surface area contributed by atoms with Crippen molar-refractivity contribution in [1.82, 2.24) is 0 Å². The summed E-state index contributed by atoms with van der Waals surface area (Å²) in [6.45, 7) is 10.4. The fourth-order valence-corrected chi connectivity index (χ4v) is 4.90. The summed E-state index contributed by atoms with van der Waals surface area (Å²) in [4.78, 5) is 7.72. The monoisotopic (exact) mass is 632 g/mol. The van der Waals surface area contributed by atoms with Crippen LogP contribution in [0.4, 0.5) is 11.4 Å². The van der Waals surface area contributed by atoms with Crippen LogP contribution in [0.1, 0.15) is 63.8 Å². The number of rotatable bonds is 6. The second-order valence-electron chi connectivity index (χ2n) is 11.2. The van der Waals surface area contributed by atoms with Gasteiger partial charge in [-0.05, 0) is 69.5 Å². The van der Waals surface area contributed by atoms with E-state index in [2.05, 4.69) is 9.98 Å². The molecule has 0 aliphatic carbocycles. The normalized spacial score (nSPS) is 12.8. The zero-order valence-electron chi connectivity index (χ0n) is 24.8. The second-order valence-corrected chi connectivity index (χ2v) is 14.1. The number of aliphatic imine (C=N–C) groups is 2. The summed E-state index contributed by atoms with van der Waals surface area (Å²) in [5, 5.41) is 26.1. The van der Waals surface area contributed by atoms with Crippen LogP contribution in [-0.4, -0.2) is 38.4 Å². The predicted octanol–water partition coefficient (Wildman–Crippen LogP) is -1.57. The van der Waals surface area contributed by atoms with Gasteiger partial charge in [0.2, 0.25) is 0 Å². The molecular weight excluding hydrogens is 602 g/mol. The summed E-state index contributed by atoms with van der Waals surface area (Å²) < 4.78 is 66.5. The van der Waals surface area contributed by atoms with Gasteiger partial charge in [0, 0.05) is 12.4 Å². The Morgan fingerprint density at radius 3 is 1.21 bits per heavy atom. The van der Waals surface area contributed by atoms with Crippen LogP contribution in [-0.2, 0) is 31.1 Å². The summed E-state index contributed by atoms with van der Waals surface area (Å²) in [6, 6.07) is 10.8. The van der Waals surface area contributed by atoms with Crippen molar-refractivity contribution >= 4 is 44.0 Å². The van der Waals surface area contributed by atoms with E-state index in [1.807, 2.05) is 0 Å². The Labute approximate surface area is 291 Å². The summed E-state index contributed by atoms with van der Waals surface area (Å²) in [6.07, 6.45) is 2.33. The van der Waals surface area contributed by atoms with Crippen molar-refractivity contribution in [3.8, 4) is 11.5 Å². The zero-order valence-corrected chi connectivity index (χ0v) is 30.5. The molecule has 0 unspecified atom stereocenters. The van der Waals surface area contributed by atoms with Gasteiger partial charge in [-0.25, -0.2) is 0 Å². The minimum Gasteiger partial charge on any atom is -0.872 e. The van der Waals surface area contributed by atoms with Crippen molar-refractivity contribution in [2.75, 3.05) is 0 Å². The van der Waals surface area contributed by atoms with Gasteiger partial charge in [-0.1, -0.05) is 65.2 Å². The van der Waals surface area contributed by atoms with Gasteiger partial charge < -0.3 is 10.2 Å². The number of para-hydroxylation sites is 2. The predicted molar refractivity (Wildman–Crippen MR) is 150 cm³/mol. The van der Waals surface area contributed by atoms with Gasteiger partial charge in [0.15, 0.2) is 0 Å². The molecule has 0 saturated carbocycles. The Balaban J connectivity index is 0.00000441. The first kappa shape index (κ1) is 38.4. The maximum Gasteiger partial charge on any atom is 1.00 e. The van der Waals surface area contributed by atoms with Crippen molar-refractivity contribution in [3.05, 3.63) is 70.8 Å². The fourth-order valence-electron chi connectivity index (χ4n) is 3.81. The largest absolute Gasteiger partial charge is 1.00 e.